The van der Waals surface area contributed by atoms with Crippen LogP contribution in [0, 0.1) is 5.82 Å². The molecule has 6 heteroatoms. The van der Waals surface area contributed by atoms with E-state index in [0.717, 1.165) is 52.0 Å². The van der Waals surface area contributed by atoms with E-state index in [-0.39, 0.29) is 5.82 Å². The van der Waals surface area contributed by atoms with Gasteiger partial charge in [-0.2, -0.15) is 0 Å². The summed E-state index contributed by atoms with van der Waals surface area (Å²) in [6.07, 6.45) is 3.67. The number of hydrogen-bond donors (Lipinski definition) is 1. The first kappa shape index (κ1) is 21.8. The van der Waals surface area contributed by atoms with E-state index in [2.05, 4.69) is 39.4 Å². The molecule has 4 rings (SSSR count). The quantitative estimate of drug-likeness (QED) is 0.593. The van der Waals surface area contributed by atoms with E-state index in [9.17, 15) is 9.18 Å². The number of nitrogens with one attached hydrogen (secondary N) is 1. The highest BCUT2D eigenvalue weighted by atomic mass is 19.1. The number of carbonyl (C=O) groups excluding carboxylic acids is 1. The molecule has 0 unspecified atom stereocenters. The second-order valence-corrected chi connectivity index (χ2v) is 8.50. The van der Waals surface area contributed by atoms with Crippen molar-refractivity contribution in [2.75, 3.05) is 32.8 Å². The first-order chi connectivity index (χ1) is 15.2. The Kier molecular flexibility index (Phi) is 7.54. The molecule has 0 radical (unpaired) electrons. The molecular formula is C25H32FN3O2. The fraction of sp³-hybridized carbons (Fsp3) is 0.480. The van der Waals surface area contributed by atoms with Crippen molar-refractivity contribution in [1.82, 2.24) is 15.1 Å². The number of amides is 1. The molecular weight excluding hydrogens is 393 g/mol. The van der Waals surface area contributed by atoms with Crippen molar-refractivity contribution in [1.29, 1.82) is 0 Å². The Balaban J connectivity index is 1.17. The zero-order chi connectivity index (χ0) is 21.5. The summed E-state index contributed by atoms with van der Waals surface area (Å²) in [5.74, 6) is 0.736. The molecule has 1 N–H and O–H groups in total. The van der Waals surface area contributed by atoms with Gasteiger partial charge in [0.05, 0.1) is 0 Å². The smallest absolute Gasteiger partial charge is 0.223 e. The number of ether oxygens (including phenoxy) is 1. The van der Waals surface area contributed by atoms with Crippen molar-refractivity contribution in [3.8, 4) is 5.75 Å². The Morgan fingerprint density at radius 3 is 2.65 bits per heavy atom. The standard InChI is InChI=1S/C25H32FN3O2/c26-21-6-9-24(10-7-21)31-17-15-27-14-12-22-8-11-25(30)29(22)23-13-16-28(19-23)18-20-4-2-1-3-5-20/h1-7,9-10,22-23,27H,8,11-19H2/t22-,23-/m0/s1. The number of likely N-dealkylation sites (tertiary alicyclic amines) is 2. The van der Waals surface area contributed by atoms with Crippen LogP contribution < -0.4 is 10.1 Å². The highest BCUT2D eigenvalue weighted by molar-refractivity contribution is 5.79. The summed E-state index contributed by atoms with van der Waals surface area (Å²) in [5.41, 5.74) is 1.33. The Morgan fingerprint density at radius 1 is 1.03 bits per heavy atom. The molecule has 2 aliphatic rings. The molecule has 2 fully saturated rings. The second kappa shape index (κ2) is 10.7. The van der Waals surface area contributed by atoms with Crippen molar-refractivity contribution in [3.05, 3.63) is 66.0 Å². The average Bonchev–Trinajstić information content (AvgIpc) is 3.38. The van der Waals surface area contributed by atoms with Crippen LogP contribution >= 0.6 is 0 Å². The third kappa shape index (κ3) is 6.05. The molecule has 5 nitrogen and oxygen atoms in total. The van der Waals surface area contributed by atoms with E-state index < -0.39 is 0 Å². The summed E-state index contributed by atoms with van der Waals surface area (Å²) in [7, 11) is 0. The van der Waals surface area contributed by atoms with Gasteiger partial charge in [0, 0.05) is 44.7 Å². The third-order valence-electron chi connectivity index (χ3n) is 6.28. The molecule has 166 valence electrons. The molecule has 1 amide bonds. The minimum absolute atomic E-state index is 0.258. The molecule has 0 saturated carbocycles. The first-order valence-electron chi connectivity index (χ1n) is 11.4. The average molecular weight is 426 g/mol. The lowest BCUT2D eigenvalue weighted by Crippen LogP contribution is -2.44. The Morgan fingerprint density at radius 2 is 1.84 bits per heavy atom. The van der Waals surface area contributed by atoms with Gasteiger partial charge < -0.3 is 15.0 Å². The molecule has 2 aromatic carbocycles. The van der Waals surface area contributed by atoms with E-state index in [1.807, 2.05) is 6.07 Å². The van der Waals surface area contributed by atoms with Gasteiger partial charge in [-0.25, -0.2) is 4.39 Å². The maximum atomic E-state index is 12.9. The lowest BCUT2D eigenvalue weighted by Gasteiger charge is -2.31. The van der Waals surface area contributed by atoms with Gasteiger partial charge in [-0.15, -0.1) is 0 Å². The number of halogens is 1. The van der Waals surface area contributed by atoms with Crippen LogP contribution in [0.5, 0.6) is 5.75 Å². The van der Waals surface area contributed by atoms with Gasteiger partial charge in [0.25, 0.3) is 0 Å². The number of hydrogen-bond acceptors (Lipinski definition) is 4. The minimum Gasteiger partial charge on any atom is -0.492 e. The number of nitrogens with zero attached hydrogens (tertiary/aromatic N) is 2. The predicted molar refractivity (Wildman–Crippen MR) is 119 cm³/mol. The van der Waals surface area contributed by atoms with Crippen LogP contribution in [-0.2, 0) is 11.3 Å². The molecule has 2 heterocycles. The molecule has 2 atom stereocenters. The zero-order valence-electron chi connectivity index (χ0n) is 18.0. The number of rotatable bonds is 10. The molecule has 0 bridgehead atoms. The monoisotopic (exact) mass is 425 g/mol. The Bertz CT molecular complexity index is 830. The van der Waals surface area contributed by atoms with Gasteiger partial charge in [-0.3, -0.25) is 9.69 Å². The predicted octanol–water partition coefficient (Wildman–Crippen LogP) is 3.45. The molecule has 0 spiro atoms. The summed E-state index contributed by atoms with van der Waals surface area (Å²) in [6, 6.07) is 17.3. The van der Waals surface area contributed by atoms with E-state index >= 15 is 0 Å². The highest BCUT2D eigenvalue weighted by Crippen LogP contribution is 2.28. The Labute approximate surface area is 184 Å². The van der Waals surface area contributed by atoms with Crippen LogP contribution in [0.15, 0.2) is 54.6 Å². The second-order valence-electron chi connectivity index (χ2n) is 8.50. The third-order valence-corrected chi connectivity index (χ3v) is 6.28. The van der Waals surface area contributed by atoms with Gasteiger partial charge in [0.1, 0.15) is 18.2 Å². The fourth-order valence-corrected chi connectivity index (χ4v) is 4.74. The van der Waals surface area contributed by atoms with Crippen LogP contribution in [-0.4, -0.2) is 60.6 Å². The molecule has 31 heavy (non-hydrogen) atoms. The molecule has 0 aliphatic carbocycles. The zero-order valence-corrected chi connectivity index (χ0v) is 18.0. The highest BCUT2D eigenvalue weighted by Gasteiger charge is 2.38. The van der Waals surface area contributed by atoms with Gasteiger partial charge in [-0.1, -0.05) is 30.3 Å². The van der Waals surface area contributed by atoms with Gasteiger partial charge >= 0.3 is 0 Å². The van der Waals surface area contributed by atoms with E-state index in [1.54, 1.807) is 12.1 Å². The molecule has 0 aromatic heterocycles. The number of benzene rings is 2. The van der Waals surface area contributed by atoms with Crippen LogP contribution in [0.4, 0.5) is 4.39 Å². The largest absolute Gasteiger partial charge is 0.492 e. The summed E-state index contributed by atoms with van der Waals surface area (Å²) in [6.45, 7) is 5.11. The van der Waals surface area contributed by atoms with Crippen LogP contribution in [0.25, 0.3) is 0 Å². The van der Waals surface area contributed by atoms with E-state index in [1.165, 1.54) is 17.7 Å². The summed E-state index contributed by atoms with van der Waals surface area (Å²) in [4.78, 5) is 17.2. The first-order valence-corrected chi connectivity index (χ1v) is 11.4. The van der Waals surface area contributed by atoms with Gasteiger partial charge in [0.15, 0.2) is 0 Å². The van der Waals surface area contributed by atoms with Crippen molar-refractivity contribution in [3.63, 3.8) is 0 Å². The lowest BCUT2D eigenvalue weighted by molar-refractivity contribution is -0.131. The topological polar surface area (TPSA) is 44.8 Å². The normalized spacial score (nSPS) is 21.7. The summed E-state index contributed by atoms with van der Waals surface area (Å²) in [5, 5.41) is 3.41. The van der Waals surface area contributed by atoms with E-state index in [0.29, 0.717) is 36.8 Å². The van der Waals surface area contributed by atoms with Crippen molar-refractivity contribution in [2.45, 2.75) is 44.3 Å². The van der Waals surface area contributed by atoms with Crippen LogP contribution in [0.1, 0.15) is 31.2 Å². The molecule has 2 aliphatic heterocycles. The maximum absolute atomic E-state index is 12.9. The fourth-order valence-electron chi connectivity index (χ4n) is 4.74. The maximum Gasteiger partial charge on any atom is 0.223 e. The van der Waals surface area contributed by atoms with Crippen molar-refractivity contribution >= 4 is 5.91 Å². The molecule has 2 saturated heterocycles. The van der Waals surface area contributed by atoms with Crippen molar-refractivity contribution < 1.29 is 13.9 Å². The minimum atomic E-state index is -0.258. The summed E-state index contributed by atoms with van der Waals surface area (Å²) < 4.78 is 18.5. The van der Waals surface area contributed by atoms with Gasteiger partial charge in [0.2, 0.25) is 5.91 Å². The SMILES string of the molecule is O=C1CC[C@@H](CCNCCOc2ccc(F)cc2)N1[C@H]1CCN(Cc2ccccc2)C1. The lowest BCUT2D eigenvalue weighted by atomic mass is 10.1. The van der Waals surface area contributed by atoms with Crippen LogP contribution in [0.2, 0.25) is 0 Å². The number of carbonyl (C=O) groups is 1. The van der Waals surface area contributed by atoms with Crippen LogP contribution in [0.3, 0.4) is 0 Å². The summed E-state index contributed by atoms with van der Waals surface area (Å²) >= 11 is 0. The van der Waals surface area contributed by atoms with Crippen molar-refractivity contribution in [2.24, 2.45) is 0 Å². The Hall–Kier alpha value is -2.44. The van der Waals surface area contributed by atoms with E-state index in [4.69, 9.17) is 4.74 Å². The van der Waals surface area contributed by atoms with Gasteiger partial charge in [-0.05, 0) is 55.6 Å². The molecule has 2 aromatic rings.